The Morgan fingerprint density at radius 2 is 1.79 bits per heavy atom. The van der Waals surface area contributed by atoms with Crippen molar-refractivity contribution in [2.45, 2.75) is 13.0 Å². The molecule has 0 amide bonds. The van der Waals surface area contributed by atoms with Crippen LogP contribution in [0, 0.1) is 6.92 Å². The first-order valence-corrected chi connectivity index (χ1v) is 6.32. The van der Waals surface area contributed by atoms with Crippen LogP contribution in [0.2, 0.25) is 0 Å². The van der Waals surface area contributed by atoms with Crippen LogP contribution in [0.5, 0.6) is 5.75 Å². The first kappa shape index (κ1) is 13.4. The van der Waals surface area contributed by atoms with Gasteiger partial charge < -0.3 is 15.2 Å². The van der Waals surface area contributed by atoms with Gasteiger partial charge in [0.05, 0.1) is 13.2 Å². The van der Waals surface area contributed by atoms with Gasteiger partial charge in [0, 0.05) is 12.2 Å². The highest BCUT2D eigenvalue weighted by Gasteiger charge is 2.09. The number of aliphatic hydroxyl groups excluding tert-OH is 1. The molecule has 0 saturated carbocycles. The summed E-state index contributed by atoms with van der Waals surface area (Å²) in [6.45, 7) is 2.49. The summed E-state index contributed by atoms with van der Waals surface area (Å²) in [7, 11) is 1.64. The van der Waals surface area contributed by atoms with E-state index in [4.69, 9.17) is 4.74 Å². The monoisotopic (exact) mass is 257 g/mol. The number of hydrogen-bond acceptors (Lipinski definition) is 3. The first-order valence-electron chi connectivity index (χ1n) is 6.32. The zero-order valence-corrected chi connectivity index (χ0v) is 11.3. The number of methoxy groups -OCH3 is 1. The lowest BCUT2D eigenvalue weighted by Gasteiger charge is -2.15. The molecule has 3 heteroatoms. The first-order chi connectivity index (χ1) is 9.20. The van der Waals surface area contributed by atoms with Gasteiger partial charge in [-0.05, 0) is 42.3 Å². The standard InChI is InChI=1S/C16H19NO2/c1-12-5-3-4-6-15(12)16(18)11-17-13-7-9-14(19-2)10-8-13/h3-10,16-18H,11H2,1-2H3. The Morgan fingerprint density at radius 3 is 2.42 bits per heavy atom. The second-order valence-corrected chi connectivity index (χ2v) is 4.48. The van der Waals surface area contributed by atoms with Gasteiger partial charge in [-0.2, -0.15) is 0 Å². The van der Waals surface area contributed by atoms with Crippen molar-refractivity contribution in [3.8, 4) is 5.75 Å². The number of hydrogen-bond donors (Lipinski definition) is 2. The molecule has 2 aromatic carbocycles. The lowest BCUT2D eigenvalue weighted by atomic mass is 10.0. The van der Waals surface area contributed by atoms with Crippen molar-refractivity contribution in [1.82, 2.24) is 0 Å². The molecule has 0 aliphatic heterocycles. The number of nitrogens with one attached hydrogen (secondary N) is 1. The highest BCUT2D eigenvalue weighted by molar-refractivity contribution is 5.46. The summed E-state index contributed by atoms with van der Waals surface area (Å²) in [5.74, 6) is 0.824. The fourth-order valence-electron chi connectivity index (χ4n) is 1.99. The number of ether oxygens (including phenoxy) is 1. The SMILES string of the molecule is COc1ccc(NCC(O)c2ccccc2C)cc1. The zero-order chi connectivity index (χ0) is 13.7. The molecule has 2 N–H and O–H groups in total. The van der Waals surface area contributed by atoms with Gasteiger partial charge in [-0.25, -0.2) is 0 Å². The number of rotatable bonds is 5. The van der Waals surface area contributed by atoms with E-state index in [2.05, 4.69) is 5.32 Å². The fourth-order valence-corrected chi connectivity index (χ4v) is 1.99. The van der Waals surface area contributed by atoms with E-state index in [0.717, 1.165) is 22.6 Å². The molecule has 100 valence electrons. The van der Waals surface area contributed by atoms with E-state index in [1.165, 1.54) is 0 Å². The quantitative estimate of drug-likeness (QED) is 0.864. The third-order valence-electron chi connectivity index (χ3n) is 3.14. The molecule has 2 aromatic rings. The number of aryl methyl sites for hydroxylation is 1. The highest BCUT2D eigenvalue weighted by atomic mass is 16.5. The predicted octanol–water partition coefficient (Wildman–Crippen LogP) is 3.15. The number of aliphatic hydroxyl groups is 1. The molecule has 3 nitrogen and oxygen atoms in total. The van der Waals surface area contributed by atoms with Crippen LogP contribution < -0.4 is 10.1 Å². The number of benzene rings is 2. The van der Waals surface area contributed by atoms with Crippen molar-refractivity contribution in [1.29, 1.82) is 0 Å². The minimum absolute atomic E-state index is 0.483. The zero-order valence-electron chi connectivity index (χ0n) is 11.3. The van der Waals surface area contributed by atoms with Crippen molar-refractivity contribution < 1.29 is 9.84 Å². The van der Waals surface area contributed by atoms with E-state index in [0.29, 0.717) is 6.54 Å². The molecule has 0 heterocycles. The van der Waals surface area contributed by atoms with Crippen molar-refractivity contribution in [3.05, 3.63) is 59.7 Å². The smallest absolute Gasteiger partial charge is 0.119 e. The van der Waals surface area contributed by atoms with Gasteiger partial charge in [0.2, 0.25) is 0 Å². The van der Waals surface area contributed by atoms with Crippen molar-refractivity contribution in [3.63, 3.8) is 0 Å². The van der Waals surface area contributed by atoms with Crippen LogP contribution in [0.3, 0.4) is 0 Å². The van der Waals surface area contributed by atoms with Gasteiger partial charge in [0.15, 0.2) is 0 Å². The second kappa shape index (κ2) is 6.25. The Kier molecular flexibility index (Phi) is 4.42. The molecular formula is C16H19NO2. The van der Waals surface area contributed by atoms with Crippen LogP contribution in [0.25, 0.3) is 0 Å². The second-order valence-electron chi connectivity index (χ2n) is 4.48. The average Bonchev–Trinajstić information content (AvgIpc) is 2.46. The summed E-state index contributed by atoms with van der Waals surface area (Å²) in [6.07, 6.45) is -0.511. The molecule has 0 aliphatic rings. The van der Waals surface area contributed by atoms with Crippen molar-refractivity contribution in [2.24, 2.45) is 0 Å². The molecule has 1 unspecified atom stereocenters. The molecule has 2 rings (SSSR count). The molecule has 19 heavy (non-hydrogen) atoms. The third kappa shape index (κ3) is 3.48. The summed E-state index contributed by atoms with van der Waals surface area (Å²) in [4.78, 5) is 0. The summed E-state index contributed by atoms with van der Waals surface area (Å²) >= 11 is 0. The largest absolute Gasteiger partial charge is 0.497 e. The topological polar surface area (TPSA) is 41.5 Å². The Hall–Kier alpha value is -2.00. The van der Waals surface area contributed by atoms with Crippen molar-refractivity contribution >= 4 is 5.69 Å². The van der Waals surface area contributed by atoms with Gasteiger partial charge in [-0.1, -0.05) is 24.3 Å². The van der Waals surface area contributed by atoms with E-state index >= 15 is 0 Å². The van der Waals surface area contributed by atoms with E-state index in [1.807, 2.05) is 55.5 Å². The Balaban J connectivity index is 1.96. The Morgan fingerprint density at radius 1 is 1.11 bits per heavy atom. The van der Waals surface area contributed by atoms with Crippen molar-refractivity contribution in [2.75, 3.05) is 19.0 Å². The molecule has 1 atom stereocenters. The molecule has 0 fully saturated rings. The average molecular weight is 257 g/mol. The van der Waals surface area contributed by atoms with Gasteiger partial charge in [-0.15, -0.1) is 0 Å². The molecule has 0 bridgehead atoms. The minimum atomic E-state index is -0.511. The van der Waals surface area contributed by atoms with Crippen LogP contribution >= 0.6 is 0 Å². The summed E-state index contributed by atoms with van der Waals surface area (Å²) in [5, 5.41) is 13.4. The molecule has 0 aliphatic carbocycles. The predicted molar refractivity (Wildman–Crippen MR) is 77.6 cm³/mol. The summed E-state index contributed by atoms with van der Waals surface area (Å²) in [5.41, 5.74) is 3.03. The van der Waals surface area contributed by atoms with Gasteiger partial charge >= 0.3 is 0 Å². The van der Waals surface area contributed by atoms with E-state index in [1.54, 1.807) is 7.11 Å². The van der Waals surface area contributed by atoms with Crippen LogP contribution in [0.4, 0.5) is 5.69 Å². The van der Waals surface area contributed by atoms with Gasteiger partial charge in [0.25, 0.3) is 0 Å². The number of anilines is 1. The lowest BCUT2D eigenvalue weighted by Crippen LogP contribution is -2.13. The van der Waals surface area contributed by atoms with Crippen LogP contribution in [0.15, 0.2) is 48.5 Å². The summed E-state index contributed by atoms with van der Waals surface area (Å²) in [6, 6.07) is 15.5. The Bertz CT molecular complexity index is 523. The maximum atomic E-state index is 10.2. The fraction of sp³-hybridized carbons (Fsp3) is 0.250. The van der Waals surface area contributed by atoms with Crippen LogP contribution in [-0.4, -0.2) is 18.8 Å². The maximum Gasteiger partial charge on any atom is 0.119 e. The molecular weight excluding hydrogens is 238 g/mol. The molecule has 0 saturated heterocycles. The van der Waals surface area contributed by atoms with E-state index in [-0.39, 0.29) is 0 Å². The van der Waals surface area contributed by atoms with E-state index in [9.17, 15) is 5.11 Å². The Labute approximate surface area is 113 Å². The normalized spacial score (nSPS) is 11.9. The van der Waals surface area contributed by atoms with Crippen LogP contribution in [-0.2, 0) is 0 Å². The third-order valence-corrected chi connectivity index (χ3v) is 3.14. The summed E-state index contributed by atoms with van der Waals surface area (Å²) < 4.78 is 5.10. The highest BCUT2D eigenvalue weighted by Crippen LogP contribution is 2.19. The van der Waals surface area contributed by atoms with Gasteiger partial charge in [0.1, 0.15) is 5.75 Å². The lowest BCUT2D eigenvalue weighted by molar-refractivity contribution is 0.191. The maximum absolute atomic E-state index is 10.2. The van der Waals surface area contributed by atoms with Gasteiger partial charge in [-0.3, -0.25) is 0 Å². The van der Waals surface area contributed by atoms with Crippen LogP contribution in [0.1, 0.15) is 17.2 Å². The molecule has 0 radical (unpaired) electrons. The minimum Gasteiger partial charge on any atom is -0.497 e. The van der Waals surface area contributed by atoms with E-state index < -0.39 is 6.10 Å². The molecule has 0 spiro atoms. The molecule has 0 aromatic heterocycles.